The zero-order valence-electron chi connectivity index (χ0n) is 10.7. The van der Waals surface area contributed by atoms with Crippen molar-refractivity contribution in [2.45, 2.75) is 6.18 Å². The van der Waals surface area contributed by atoms with Gasteiger partial charge in [0.15, 0.2) is 0 Å². The quantitative estimate of drug-likeness (QED) is 0.549. The fraction of sp³-hybridized carbons (Fsp3) is 0.0625. The first-order valence-corrected chi connectivity index (χ1v) is 6.97. The third kappa shape index (κ3) is 2.78. The van der Waals surface area contributed by atoms with Crippen LogP contribution in [0.3, 0.4) is 0 Å². The molecule has 0 amide bonds. The van der Waals surface area contributed by atoms with E-state index in [-0.39, 0.29) is 5.69 Å². The van der Waals surface area contributed by atoms with Crippen LogP contribution >= 0.6 is 15.9 Å². The number of para-hydroxylation sites is 1. The summed E-state index contributed by atoms with van der Waals surface area (Å²) in [6, 6.07) is 14.6. The van der Waals surface area contributed by atoms with Gasteiger partial charge in [-0.1, -0.05) is 46.3 Å². The summed E-state index contributed by atoms with van der Waals surface area (Å²) in [5, 5.41) is 0.477. The van der Waals surface area contributed by atoms with Crippen LogP contribution in [0.25, 0.3) is 22.2 Å². The molecule has 2 aromatic carbocycles. The van der Waals surface area contributed by atoms with Gasteiger partial charge in [0.25, 0.3) is 0 Å². The molecule has 0 radical (unpaired) electrons. The van der Waals surface area contributed by atoms with Gasteiger partial charge in [0.05, 0.1) is 16.8 Å². The Morgan fingerprint density at radius 3 is 2.24 bits per heavy atom. The Morgan fingerprint density at radius 1 is 0.905 bits per heavy atom. The van der Waals surface area contributed by atoms with Gasteiger partial charge in [-0.25, -0.2) is 4.98 Å². The Labute approximate surface area is 127 Å². The highest BCUT2D eigenvalue weighted by molar-refractivity contribution is 9.10. The maximum atomic E-state index is 13.3. The molecule has 3 aromatic rings. The summed E-state index contributed by atoms with van der Waals surface area (Å²) in [4.78, 5) is 4.21. The number of hydrogen-bond donors (Lipinski definition) is 0. The normalized spacial score (nSPS) is 11.8. The van der Waals surface area contributed by atoms with Crippen molar-refractivity contribution >= 4 is 26.8 Å². The van der Waals surface area contributed by atoms with Gasteiger partial charge in [-0.3, -0.25) is 0 Å². The molecule has 3 rings (SSSR count). The van der Waals surface area contributed by atoms with Gasteiger partial charge in [0.1, 0.15) is 0 Å². The minimum Gasteiger partial charge on any atom is -0.247 e. The number of pyridine rings is 1. The lowest BCUT2D eigenvalue weighted by Crippen LogP contribution is -2.08. The van der Waals surface area contributed by atoms with E-state index >= 15 is 0 Å². The lowest BCUT2D eigenvalue weighted by molar-refractivity contribution is -0.137. The van der Waals surface area contributed by atoms with E-state index in [9.17, 15) is 13.2 Å². The number of aromatic nitrogens is 1. The van der Waals surface area contributed by atoms with Crippen LogP contribution in [0.4, 0.5) is 13.2 Å². The van der Waals surface area contributed by atoms with E-state index in [1.807, 2.05) is 0 Å². The van der Waals surface area contributed by atoms with E-state index in [4.69, 9.17) is 0 Å². The second-order valence-corrected chi connectivity index (χ2v) is 5.50. The molecule has 1 nitrogen and oxygen atoms in total. The maximum Gasteiger partial charge on any atom is 0.418 e. The monoisotopic (exact) mass is 351 g/mol. The number of rotatable bonds is 1. The number of alkyl halides is 3. The van der Waals surface area contributed by atoms with E-state index in [2.05, 4.69) is 20.9 Å². The van der Waals surface area contributed by atoms with Crippen LogP contribution < -0.4 is 0 Å². The third-order valence-corrected chi connectivity index (χ3v) is 3.68. The molecule has 0 aliphatic heterocycles. The molecule has 0 unspecified atom stereocenters. The van der Waals surface area contributed by atoms with Crippen LogP contribution in [0, 0.1) is 0 Å². The zero-order chi connectivity index (χ0) is 15.0. The smallest absolute Gasteiger partial charge is 0.247 e. The molecular formula is C16H9BrF3N. The second-order valence-electron chi connectivity index (χ2n) is 4.58. The van der Waals surface area contributed by atoms with Crippen molar-refractivity contribution in [2.75, 3.05) is 0 Å². The molecule has 0 N–H and O–H groups in total. The number of halogens is 4. The van der Waals surface area contributed by atoms with Crippen LogP contribution in [-0.2, 0) is 6.18 Å². The Hall–Kier alpha value is -1.88. The van der Waals surface area contributed by atoms with Crippen LogP contribution in [-0.4, -0.2) is 4.98 Å². The van der Waals surface area contributed by atoms with Gasteiger partial charge in [-0.05, 0) is 24.3 Å². The van der Waals surface area contributed by atoms with E-state index in [1.54, 1.807) is 48.5 Å². The molecule has 0 saturated carbocycles. The lowest BCUT2D eigenvalue weighted by Gasteiger charge is -2.13. The molecule has 106 valence electrons. The minimum atomic E-state index is -4.45. The van der Waals surface area contributed by atoms with Crippen molar-refractivity contribution in [3.05, 3.63) is 64.6 Å². The third-order valence-electron chi connectivity index (χ3n) is 3.15. The molecular weight excluding hydrogens is 343 g/mol. The topological polar surface area (TPSA) is 12.9 Å². The molecule has 5 heteroatoms. The van der Waals surface area contributed by atoms with Crippen molar-refractivity contribution in [1.29, 1.82) is 0 Å². The highest BCUT2D eigenvalue weighted by Gasteiger charge is 2.35. The van der Waals surface area contributed by atoms with Crippen molar-refractivity contribution in [3.63, 3.8) is 0 Å². The summed E-state index contributed by atoms with van der Waals surface area (Å²) in [5.74, 6) is 0. The summed E-state index contributed by atoms with van der Waals surface area (Å²) >= 11 is 3.27. The van der Waals surface area contributed by atoms with Crippen LogP contribution in [0.2, 0.25) is 0 Å². The summed E-state index contributed by atoms with van der Waals surface area (Å²) in [5.41, 5.74) is 0.219. The van der Waals surface area contributed by atoms with Gasteiger partial charge < -0.3 is 0 Å². The second kappa shape index (κ2) is 5.15. The van der Waals surface area contributed by atoms with Crippen molar-refractivity contribution < 1.29 is 13.2 Å². The number of benzene rings is 2. The zero-order valence-corrected chi connectivity index (χ0v) is 12.2. The molecule has 21 heavy (non-hydrogen) atoms. The van der Waals surface area contributed by atoms with E-state index in [0.717, 1.165) is 10.5 Å². The summed E-state index contributed by atoms with van der Waals surface area (Å²) in [7, 11) is 0. The molecule has 0 aliphatic rings. The molecule has 1 aromatic heterocycles. The summed E-state index contributed by atoms with van der Waals surface area (Å²) < 4.78 is 40.7. The minimum absolute atomic E-state index is 0.0475. The average molecular weight is 352 g/mol. The SMILES string of the molecule is FC(F)(F)c1cc2ccccc2nc1-c1ccc(Br)cc1. The standard InChI is InChI=1S/C16H9BrF3N/c17-12-7-5-10(6-8-12)15-13(16(18,19)20)9-11-3-1-2-4-14(11)21-15/h1-9H. The fourth-order valence-electron chi connectivity index (χ4n) is 2.16. The Balaban J connectivity index is 2.30. The number of nitrogens with zero attached hydrogens (tertiary/aromatic N) is 1. The molecule has 0 fully saturated rings. The molecule has 0 saturated heterocycles. The number of fused-ring (bicyclic) bond motifs is 1. The molecule has 1 heterocycles. The summed E-state index contributed by atoms with van der Waals surface area (Å²) in [6.45, 7) is 0. The Kier molecular flexibility index (Phi) is 3.45. The predicted octanol–water partition coefficient (Wildman–Crippen LogP) is 5.68. The molecule has 0 aliphatic carbocycles. The Morgan fingerprint density at radius 2 is 1.57 bits per heavy atom. The van der Waals surface area contributed by atoms with Crippen LogP contribution in [0.1, 0.15) is 5.56 Å². The highest BCUT2D eigenvalue weighted by Crippen LogP contribution is 2.38. The molecule has 0 spiro atoms. The summed E-state index contributed by atoms with van der Waals surface area (Å²) in [6.07, 6.45) is -4.45. The first-order valence-electron chi connectivity index (χ1n) is 6.18. The van der Waals surface area contributed by atoms with Crippen molar-refractivity contribution in [2.24, 2.45) is 0 Å². The first-order chi connectivity index (χ1) is 9.95. The largest absolute Gasteiger partial charge is 0.418 e. The van der Waals surface area contributed by atoms with E-state index < -0.39 is 11.7 Å². The highest BCUT2D eigenvalue weighted by atomic mass is 79.9. The van der Waals surface area contributed by atoms with Crippen LogP contribution in [0.5, 0.6) is 0 Å². The van der Waals surface area contributed by atoms with Crippen molar-refractivity contribution in [3.8, 4) is 11.3 Å². The maximum absolute atomic E-state index is 13.3. The fourth-order valence-corrected chi connectivity index (χ4v) is 2.42. The van der Waals surface area contributed by atoms with Gasteiger partial charge in [0.2, 0.25) is 0 Å². The van der Waals surface area contributed by atoms with Gasteiger partial charge in [-0.2, -0.15) is 13.2 Å². The Bertz CT molecular complexity index is 795. The van der Waals surface area contributed by atoms with E-state index in [0.29, 0.717) is 16.5 Å². The van der Waals surface area contributed by atoms with Crippen molar-refractivity contribution in [1.82, 2.24) is 4.98 Å². The van der Waals surface area contributed by atoms with Crippen LogP contribution in [0.15, 0.2) is 59.1 Å². The number of hydrogen-bond acceptors (Lipinski definition) is 1. The predicted molar refractivity (Wildman–Crippen MR) is 79.9 cm³/mol. The van der Waals surface area contributed by atoms with Gasteiger partial charge in [0, 0.05) is 15.4 Å². The molecule has 0 atom stereocenters. The molecule has 0 bridgehead atoms. The average Bonchev–Trinajstić information content (AvgIpc) is 2.46. The van der Waals surface area contributed by atoms with Gasteiger partial charge >= 0.3 is 6.18 Å². The van der Waals surface area contributed by atoms with E-state index in [1.165, 1.54) is 0 Å². The lowest BCUT2D eigenvalue weighted by atomic mass is 10.0. The first kappa shape index (κ1) is 14.1. The van der Waals surface area contributed by atoms with Gasteiger partial charge in [-0.15, -0.1) is 0 Å².